The maximum absolute atomic E-state index is 6.48. The second-order valence-electron chi connectivity index (χ2n) is 5.83. The Balaban J connectivity index is 4.70. The van der Waals surface area contributed by atoms with E-state index in [1.165, 1.54) is 25.7 Å². The van der Waals surface area contributed by atoms with Crippen molar-refractivity contribution in [1.29, 1.82) is 0 Å². The largest absolute Gasteiger partial charge is 0.412 e. The average molecular weight is 271 g/mol. The van der Waals surface area contributed by atoms with Crippen LogP contribution in [0.15, 0.2) is 12.3 Å². The fourth-order valence-electron chi connectivity index (χ4n) is 2.51. The van der Waals surface area contributed by atoms with Crippen LogP contribution in [-0.4, -0.2) is 14.9 Å². The Kier molecular flexibility index (Phi) is 8.88. The molecule has 0 saturated heterocycles. The Morgan fingerprint density at radius 2 is 1.50 bits per heavy atom. The lowest BCUT2D eigenvalue weighted by Crippen LogP contribution is -2.45. The summed E-state index contributed by atoms with van der Waals surface area (Å²) < 4.78 is 6.48. The van der Waals surface area contributed by atoms with Crippen LogP contribution in [0.1, 0.15) is 67.2 Å². The van der Waals surface area contributed by atoms with E-state index in [1.807, 2.05) is 0 Å². The summed E-state index contributed by atoms with van der Waals surface area (Å²) in [6, 6.07) is 0. The van der Waals surface area contributed by atoms with Gasteiger partial charge < -0.3 is 4.43 Å². The zero-order chi connectivity index (χ0) is 14.2. The monoisotopic (exact) mass is 270 g/mol. The third-order valence-corrected chi connectivity index (χ3v) is 9.98. The molecule has 0 fully saturated rings. The maximum atomic E-state index is 6.48. The lowest BCUT2D eigenvalue weighted by atomic mass is 10.1. The van der Waals surface area contributed by atoms with Crippen LogP contribution in [0.5, 0.6) is 0 Å². The quantitative estimate of drug-likeness (QED) is 0.462. The van der Waals surface area contributed by atoms with Crippen molar-refractivity contribution >= 4 is 8.32 Å². The van der Waals surface area contributed by atoms with Gasteiger partial charge in [-0.25, -0.2) is 0 Å². The summed E-state index contributed by atoms with van der Waals surface area (Å²) in [6.45, 7) is 18.9. The molecular formula is C16H34OSi. The molecule has 0 heterocycles. The molecule has 0 saturated carbocycles. The van der Waals surface area contributed by atoms with Gasteiger partial charge in [0, 0.05) is 6.61 Å². The van der Waals surface area contributed by atoms with E-state index in [2.05, 4.69) is 53.8 Å². The van der Waals surface area contributed by atoms with Crippen molar-refractivity contribution in [1.82, 2.24) is 0 Å². The Morgan fingerprint density at radius 1 is 1.00 bits per heavy atom. The van der Waals surface area contributed by atoms with Crippen molar-refractivity contribution in [2.24, 2.45) is 5.92 Å². The molecule has 0 rings (SSSR count). The minimum absolute atomic E-state index is 0.668. The smallest absolute Gasteiger partial charge is 0.222 e. The standard InChI is InChI=1S/C16H34OSi/c1-8-14(5)12-13-17-18(11-4,15(6)9-2)16(7)10-3/h11,14-16H,4,8-10,12-13H2,1-3,5-7H3. The Morgan fingerprint density at radius 3 is 1.83 bits per heavy atom. The zero-order valence-electron chi connectivity index (χ0n) is 13.5. The molecule has 1 nitrogen and oxygen atoms in total. The SMILES string of the molecule is C=C[Si](OCCC(C)CC)(C(C)CC)C(C)CC. The first-order valence-electron chi connectivity index (χ1n) is 7.75. The Hall–Kier alpha value is -0.0831. The molecule has 18 heavy (non-hydrogen) atoms. The Bertz CT molecular complexity index is 217. The van der Waals surface area contributed by atoms with Crippen LogP contribution in [0.3, 0.4) is 0 Å². The van der Waals surface area contributed by atoms with E-state index in [0.29, 0.717) is 11.1 Å². The number of rotatable bonds is 10. The van der Waals surface area contributed by atoms with Gasteiger partial charge in [0.2, 0.25) is 8.32 Å². The number of hydrogen-bond acceptors (Lipinski definition) is 1. The van der Waals surface area contributed by atoms with E-state index < -0.39 is 8.32 Å². The molecule has 0 bridgehead atoms. The van der Waals surface area contributed by atoms with Gasteiger partial charge in [-0.15, -0.1) is 6.58 Å². The molecule has 0 aromatic rings. The van der Waals surface area contributed by atoms with Crippen molar-refractivity contribution < 1.29 is 4.43 Å². The molecule has 0 spiro atoms. The molecular weight excluding hydrogens is 236 g/mol. The maximum Gasteiger partial charge on any atom is 0.222 e. The summed E-state index contributed by atoms with van der Waals surface area (Å²) in [5.41, 5.74) is 3.54. The molecule has 0 aromatic carbocycles. The van der Waals surface area contributed by atoms with Gasteiger partial charge in [0.25, 0.3) is 0 Å². The van der Waals surface area contributed by atoms with Gasteiger partial charge in [0.15, 0.2) is 0 Å². The average Bonchev–Trinajstić information content (AvgIpc) is 2.41. The van der Waals surface area contributed by atoms with E-state index in [4.69, 9.17) is 4.43 Å². The highest BCUT2D eigenvalue weighted by Gasteiger charge is 2.41. The van der Waals surface area contributed by atoms with Crippen molar-refractivity contribution in [3.8, 4) is 0 Å². The molecule has 2 heteroatoms. The number of hydrogen-bond donors (Lipinski definition) is 0. The molecule has 0 radical (unpaired) electrons. The van der Waals surface area contributed by atoms with Gasteiger partial charge in [-0.1, -0.05) is 66.5 Å². The van der Waals surface area contributed by atoms with Crippen LogP contribution in [-0.2, 0) is 4.43 Å². The van der Waals surface area contributed by atoms with Crippen LogP contribution >= 0.6 is 0 Å². The van der Waals surface area contributed by atoms with Crippen LogP contribution in [0.2, 0.25) is 11.1 Å². The van der Waals surface area contributed by atoms with E-state index in [9.17, 15) is 0 Å². The van der Waals surface area contributed by atoms with E-state index in [0.717, 1.165) is 12.5 Å². The van der Waals surface area contributed by atoms with E-state index in [1.54, 1.807) is 0 Å². The highest BCUT2D eigenvalue weighted by molar-refractivity contribution is 6.81. The summed E-state index contributed by atoms with van der Waals surface area (Å²) >= 11 is 0. The molecule has 0 aliphatic rings. The van der Waals surface area contributed by atoms with Gasteiger partial charge in [0.1, 0.15) is 0 Å². The third-order valence-electron chi connectivity index (χ3n) is 4.74. The van der Waals surface area contributed by atoms with Crippen LogP contribution in [0, 0.1) is 5.92 Å². The zero-order valence-corrected chi connectivity index (χ0v) is 14.5. The third kappa shape index (κ3) is 4.54. The van der Waals surface area contributed by atoms with Gasteiger partial charge in [-0.2, -0.15) is 0 Å². The lowest BCUT2D eigenvalue weighted by molar-refractivity contribution is 0.259. The topological polar surface area (TPSA) is 9.23 Å². The van der Waals surface area contributed by atoms with Gasteiger partial charge >= 0.3 is 0 Å². The predicted octanol–water partition coefficient (Wildman–Crippen LogP) is 5.71. The first kappa shape index (κ1) is 17.9. The minimum atomic E-state index is -1.79. The fraction of sp³-hybridized carbons (Fsp3) is 0.875. The second kappa shape index (κ2) is 8.92. The minimum Gasteiger partial charge on any atom is -0.412 e. The molecule has 0 amide bonds. The lowest BCUT2D eigenvalue weighted by Gasteiger charge is -2.38. The fourth-order valence-corrected chi connectivity index (χ4v) is 6.72. The van der Waals surface area contributed by atoms with Crippen LogP contribution < -0.4 is 0 Å². The first-order valence-corrected chi connectivity index (χ1v) is 9.89. The van der Waals surface area contributed by atoms with Gasteiger partial charge in [0.05, 0.1) is 0 Å². The van der Waals surface area contributed by atoms with Crippen molar-refractivity contribution in [2.45, 2.75) is 78.3 Å². The second-order valence-corrected chi connectivity index (χ2v) is 10.2. The molecule has 0 aliphatic heterocycles. The summed E-state index contributed by atoms with van der Waals surface area (Å²) in [7, 11) is -1.79. The van der Waals surface area contributed by atoms with Crippen molar-refractivity contribution in [3.63, 3.8) is 0 Å². The summed E-state index contributed by atoms with van der Waals surface area (Å²) in [5, 5.41) is 0. The van der Waals surface area contributed by atoms with Gasteiger partial charge in [-0.3, -0.25) is 0 Å². The Labute approximate surface area is 116 Å². The molecule has 0 aromatic heterocycles. The molecule has 3 unspecified atom stereocenters. The molecule has 3 atom stereocenters. The van der Waals surface area contributed by atoms with Crippen molar-refractivity contribution in [2.75, 3.05) is 6.61 Å². The molecule has 108 valence electrons. The van der Waals surface area contributed by atoms with Crippen LogP contribution in [0.4, 0.5) is 0 Å². The molecule has 0 aliphatic carbocycles. The summed E-state index contributed by atoms with van der Waals surface area (Å²) in [6.07, 6.45) is 4.84. The highest BCUT2D eigenvalue weighted by Crippen LogP contribution is 2.38. The van der Waals surface area contributed by atoms with E-state index >= 15 is 0 Å². The normalized spacial score (nSPS) is 19.9. The summed E-state index contributed by atoms with van der Waals surface area (Å²) in [4.78, 5) is 0. The van der Waals surface area contributed by atoms with E-state index in [-0.39, 0.29) is 0 Å². The highest BCUT2D eigenvalue weighted by atomic mass is 28.4. The predicted molar refractivity (Wildman–Crippen MR) is 85.4 cm³/mol. The van der Waals surface area contributed by atoms with Gasteiger partial charge in [-0.05, 0) is 23.4 Å². The molecule has 0 N–H and O–H groups in total. The first-order chi connectivity index (χ1) is 8.48. The van der Waals surface area contributed by atoms with Crippen LogP contribution in [0.25, 0.3) is 0 Å². The van der Waals surface area contributed by atoms with Crippen molar-refractivity contribution in [3.05, 3.63) is 12.3 Å². The summed E-state index contributed by atoms with van der Waals surface area (Å²) in [5.74, 6) is 0.774.